The minimum absolute atomic E-state index is 0.0208. The minimum Gasteiger partial charge on any atom is -0.504 e. The summed E-state index contributed by atoms with van der Waals surface area (Å²) >= 11 is 0. The smallest absolute Gasteiger partial charge is 0.504 e. The monoisotopic (exact) mass is 413 g/mol. The van der Waals surface area contributed by atoms with Gasteiger partial charge in [-0.15, -0.1) is 13.2 Å². The Hall–Kier alpha value is -2.94. The molecule has 158 valence electrons. The zero-order chi connectivity index (χ0) is 21.3. The molecular formula is C20H22F3NO5. The average molecular weight is 413 g/mol. The van der Waals surface area contributed by atoms with E-state index in [1.54, 1.807) is 24.3 Å². The van der Waals surface area contributed by atoms with Crippen LogP contribution in [0.2, 0.25) is 0 Å². The van der Waals surface area contributed by atoms with Gasteiger partial charge in [0.05, 0.1) is 6.61 Å². The third-order valence-electron chi connectivity index (χ3n) is 4.02. The molecule has 29 heavy (non-hydrogen) atoms. The molecular weight excluding hydrogens is 391 g/mol. The maximum absolute atomic E-state index is 11.7. The Morgan fingerprint density at radius 2 is 1.66 bits per heavy atom. The van der Waals surface area contributed by atoms with Crippen molar-refractivity contribution in [3.8, 4) is 17.2 Å². The van der Waals surface area contributed by atoms with E-state index in [1.807, 2.05) is 4.90 Å². The van der Waals surface area contributed by atoms with Crippen LogP contribution < -0.4 is 9.47 Å². The standard InChI is InChI=1S/C13H17NO3.C7H5F3O2/c15-9-11-3-5-12(6-4-11)17-10-13(16)14-7-1-2-8-14;8-7(9,10)12-6-4-2-1-3-5(6)11/h3-6,15H,1-2,7-10H2;1-4,11H. The molecule has 0 atom stereocenters. The van der Waals surface area contributed by atoms with E-state index in [1.165, 1.54) is 12.1 Å². The molecule has 1 heterocycles. The normalized spacial score (nSPS) is 13.4. The molecule has 0 unspecified atom stereocenters. The summed E-state index contributed by atoms with van der Waals surface area (Å²) in [5, 5.41) is 17.7. The fourth-order valence-electron chi connectivity index (χ4n) is 2.56. The number of phenolic OH excluding ortho intramolecular Hbond substituents is 1. The van der Waals surface area contributed by atoms with E-state index in [0.29, 0.717) is 5.75 Å². The molecule has 9 heteroatoms. The Balaban J connectivity index is 0.000000221. The number of para-hydroxylation sites is 2. The van der Waals surface area contributed by atoms with E-state index in [0.717, 1.165) is 43.6 Å². The number of benzene rings is 2. The van der Waals surface area contributed by atoms with Crippen molar-refractivity contribution in [2.75, 3.05) is 19.7 Å². The summed E-state index contributed by atoms with van der Waals surface area (Å²) < 4.78 is 43.7. The molecule has 1 amide bonds. The molecule has 3 rings (SSSR count). The van der Waals surface area contributed by atoms with E-state index < -0.39 is 17.9 Å². The molecule has 0 spiro atoms. The number of aliphatic hydroxyl groups is 1. The molecule has 1 aliphatic rings. The number of carbonyl (C=O) groups is 1. The summed E-state index contributed by atoms with van der Waals surface area (Å²) in [6.07, 6.45) is -2.58. The second kappa shape index (κ2) is 10.6. The highest BCUT2D eigenvalue weighted by Crippen LogP contribution is 2.30. The van der Waals surface area contributed by atoms with Crippen molar-refractivity contribution >= 4 is 5.91 Å². The Bertz CT molecular complexity index is 774. The molecule has 0 saturated carbocycles. The zero-order valence-corrected chi connectivity index (χ0v) is 15.6. The van der Waals surface area contributed by atoms with Gasteiger partial charge in [-0.1, -0.05) is 24.3 Å². The molecule has 2 N–H and O–H groups in total. The summed E-state index contributed by atoms with van der Waals surface area (Å²) in [6, 6.07) is 12.0. The van der Waals surface area contributed by atoms with Gasteiger partial charge in [0.2, 0.25) is 0 Å². The molecule has 0 bridgehead atoms. The van der Waals surface area contributed by atoms with Crippen LogP contribution >= 0.6 is 0 Å². The van der Waals surface area contributed by atoms with Gasteiger partial charge in [-0.3, -0.25) is 4.79 Å². The van der Waals surface area contributed by atoms with Crippen LogP contribution in [0.15, 0.2) is 48.5 Å². The van der Waals surface area contributed by atoms with Gasteiger partial charge in [0.15, 0.2) is 18.1 Å². The highest BCUT2D eigenvalue weighted by molar-refractivity contribution is 5.78. The number of alkyl halides is 3. The van der Waals surface area contributed by atoms with E-state index >= 15 is 0 Å². The third kappa shape index (κ3) is 7.90. The number of aliphatic hydroxyl groups excluding tert-OH is 1. The molecule has 0 radical (unpaired) electrons. The van der Waals surface area contributed by atoms with Crippen molar-refractivity contribution in [2.24, 2.45) is 0 Å². The average Bonchev–Trinajstić information content (AvgIpc) is 3.23. The van der Waals surface area contributed by atoms with E-state index in [9.17, 15) is 18.0 Å². The van der Waals surface area contributed by atoms with Crippen molar-refractivity contribution in [2.45, 2.75) is 25.8 Å². The van der Waals surface area contributed by atoms with Crippen molar-refractivity contribution in [1.82, 2.24) is 4.90 Å². The molecule has 1 fully saturated rings. The highest BCUT2D eigenvalue weighted by Gasteiger charge is 2.32. The first-order valence-electron chi connectivity index (χ1n) is 8.92. The Morgan fingerprint density at radius 1 is 1.03 bits per heavy atom. The summed E-state index contributed by atoms with van der Waals surface area (Å²) in [6.45, 7) is 1.82. The van der Waals surface area contributed by atoms with Crippen LogP contribution in [0.5, 0.6) is 17.2 Å². The number of carbonyl (C=O) groups excluding carboxylic acids is 1. The lowest BCUT2D eigenvalue weighted by Crippen LogP contribution is -2.32. The Labute approximate surface area is 166 Å². The Morgan fingerprint density at radius 3 is 2.21 bits per heavy atom. The first-order valence-corrected chi connectivity index (χ1v) is 8.92. The number of ether oxygens (including phenoxy) is 2. The number of hydrogen-bond donors (Lipinski definition) is 2. The van der Waals surface area contributed by atoms with E-state index in [2.05, 4.69) is 4.74 Å². The number of likely N-dealkylation sites (tertiary alicyclic amines) is 1. The fraction of sp³-hybridized carbons (Fsp3) is 0.350. The van der Waals surface area contributed by atoms with Gasteiger partial charge in [0.1, 0.15) is 5.75 Å². The number of phenols is 1. The summed E-state index contributed by atoms with van der Waals surface area (Å²) in [4.78, 5) is 13.5. The summed E-state index contributed by atoms with van der Waals surface area (Å²) in [5.74, 6) is -0.414. The van der Waals surface area contributed by atoms with Crippen molar-refractivity contribution < 1.29 is 37.7 Å². The molecule has 6 nitrogen and oxygen atoms in total. The number of hydrogen-bond acceptors (Lipinski definition) is 5. The number of halogens is 3. The molecule has 0 aromatic heterocycles. The van der Waals surface area contributed by atoms with Crippen LogP contribution in [-0.4, -0.2) is 47.1 Å². The Kier molecular flexibility index (Phi) is 8.14. The maximum atomic E-state index is 11.7. The number of amides is 1. The van der Waals surface area contributed by atoms with E-state index in [4.69, 9.17) is 14.9 Å². The SMILES string of the molecule is O=C(COc1ccc(CO)cc1)N1CCCC1.Oc1ccccc1OC(F)(F)F. The van der Waals surface area contributed by atoms with Crippen molar-refractivity contribution in [1.29, 1.82) is 0 Å². The zero-order valence-electron chi connectivity index (χ0n) is 15.6. The highest BCUT2D eigenvalue weighted by atomic mass is 19.4. The van der Waals surface area contributed by atoms with E-state index in [-0.39, 0.29) is 19.1 Å². The van der Waals surface area contributed by atoms with Gasteiger partial charge < -0.3 is 24.6 Å². The molecule has 2 aromatic carbocycles. The van der Waals surface area contributed by atoms with Crippen molar-refractivity contribution in [3.63, 3.8) is 0 Å². The number of aromatic hydroxyl groups is 1. The first kappa shape index (κ1) is 22.4. The van der Waals surface area contributed by atoms with Crippen LogP contribution in [0.25, 0.3) is 0 Å². The second-order valence-corrected chi connectivity index (χ2v) is 6.19. The van der Waals surface area contributed by atoms with Crippen LogP contribution in [0, 0.1) is 0 Å². The predicted octanol–water partition coefficient (Wildman–Crippen LogP) is 3.47. The lowest BCUT2D eigenvalue weighted by molar-refractivity contribution is -0.275. The van der Waals surface area contributed by atoms with Gasteiger partial charge in [0, 0.05) is 13.1 Å². The van der Waals surface area contributed by atoms with Crippen LogP contribution in [0.3, 0.4) is 0 Å². The van der Waals surface area contributed by atoms with Gasteiger partial charge in [-0.2, -0.15) is 0 Å². The quantitative estimate of drug-likeness (QED) is 0.785. The van der Waals surface area contributed by atoms with Crippen molar-refractivity contribution in [3.05, 3.63) is 54.1 Å². The largest absolute Gasteiger partial charge is 0.573 e. The molecule has 1 saturated heterocycles. The summed E-state index contributed by atoms with van der Waals surface area (Å²) in [7, 11) is 0. The first-order chi connectivity index (χ1) is 13.8. The number of nitrogens with zero attached hydrogens (tertiary/aromatic N) is 1. The second-order valence-electron chi connectivity index (χ2n) is 6.19. The molecule has 1 aliphatic heterocycles. The predicted molar refractivity (Wildman–Crippen MR) is 98.5 cm³/mol. The minimum atomic E-state index is -4.77. The maximum Gasteiger partial charge on any atom is 0.573 e. The lowest BCUT2D eigenvalue weighted by atomic mass is 10.2. The lowest BCUT2D eigenvalue weighted by Gasteiger charge is -2.15. The van der Waals surface area contributed by atoms with Gasteiger partial charge in [0.25, 0.3) is 5.91 Å². The van der Waals surface area contributed by atoms with Gasteiger partial charge >= 0.3 is 6.36 Å². The number of rotatable bonds is 5. The van der Waals surface area contributed by atoms with Crippen LogP contribution in [0.4, 0.5) is 13.2 Å². The summed E-state index contributed by atoms with van der Waals surface area (Å²) in [5.41, 5.74) is 0.836. The fourth-order valence-corrected chi connectivity index (χ4v) is 2.56. The molecule has 2 aromatic rings. The van der Waals surface area contributed by atoms with Crippen LogP contribution in [0.1, 0.15) is 18.4 Å². The third-order valence-corrected chi connectivity index (χ3v) is 4.02. The van der Waals surface area contributed by atoms with Gasteiger partial charge in [-0.25, -0.2) is 0 Å². The molecule has 0 aliphatic carbocycles. The topological polar surface area (TPSA) is 79.2 Å². The van der Waals surface area contributed by atoms with Crippen LogP contribution in [-0.2, 0) is 11.4 Å². The van der Waals surface area contributed by atoms with Gasteiger partial charge in [-0.05, 0) is 42.7 Å².